The molecule has 2 aromatic carbocycles. The van der Waals surface area contributed by atoms with Gasteiger partial charge in [-0.15, -0.1) is 0 Å². The summed E-state index contributed by atoms with van der Waals surface area (Å²) in [5, 5.41) is 8.82. The molecule has 0 saturated heterocycles. The predicted molar refractivity (Wildman–Crippen MR) is 180 cm³/mol. The van der Waals surface area contributed by atoms with Crippen molar-refractivity contribution in [3.8, 4) is 16.9 Å². The van der Waals surface area contributed by atoms with Gasteiger partial charge in [0.25, 0.3) is 0 Å². The van der Waals surface area contributed by atoms with E-state index in [1.165, 1.54) is 31.2 Å². The third-order valence-corrected chi connectivity index (χ3v) is 13.4. The van der Waals surface area contributed by atoms with E-state index >= 15 is 0 Å². The second-order valence-electron chi connectivity index (χ2n) is 13.2. The van der Waals surface area contributed by atoms with Gasteiger partial charge in [-0.3, -0.25) is 0 Å². The van der Waals surface area contributed by atoms with Crippen molar-refractivity contribution in [1.82, 2.24) is 9.61 Å². The van der Waals surface area contributed by atoms with Crippen molar-refractivity contribution in [3.63, 3.8) is 0 Å². The summed E-state index contributed by atoms with van der Waals surface area (Å²) in [6.45, 7) is 13.5. The highest BCUT2D eigenvalue weighted by atomic mass is 28.4. The molecular weight excluding hydrogens is 535 g/mol. The van der Waals surface area contributed by atoms with E-state index in [1.807, 2.05) is 28.9 Å². The summed E-state index contributed by atoms with van der Waals surface area (Å²) in [5.74, 6) is 1.38. The number of amidine groups is 1. The molecule has 5 rings (SSSR count). The minimum atomic E-state index is -1.94. The molecule has 1 aliphatic carbocycles. The number of benzene rings is 2. The van der Waals surface area contributed by atoms with Crippen LogP contribution in [0.15, 0.2) is 72.0 Å². The van der Waals surface area contributed by atoms with Crippen LogP contribution in [0.5, 0.6) is 5.75 Å². The van der Waals surface area contributed by atoms with E-state index in [4.69, 9.17) is 20.3 Å². The molecule has 0 atom stereocenters. The van der Waals surface area contributed by atoms with Gasteiger partial charge in [-0.05, 0) is 72.8 Å². The number of aliphatic imine (C=N–C) groups is 1. The lowest BCUT2D eigenvalue weighted by molar-refractivity contribution is 0.492. The SMILES string of the molecule is CCc1cc(O[Si](C)(C)C(C)(C)C)ccc1N=C(N)c1cnn2cc(-c3ccccc3)cc2c1NC1CCCCCC1. The Morgan fingerprint density at radius 1 is 1.02 bits per heavy atom. The molecule has 1 saturated carbocycles. The molecule has 3 N–H and O–H groups in total. The molecule has 7 heteroatoms. The van der Waals surface area contributed by atoms with Crippen molar-refractivity contribution in [1.29, 1.82) is 0 Å². The molecule has 0 aliphatic heterocycles. The Labute approximate surface area is 252 Å². The molecule has 4 aromatic rings. The molecule has 0 spiro atoms. The largest absolute Gasteiger partial charge is 0.543 e. The number of fused-ring (bicyclic) bond motifs is 1. The Kier molecular flexibility index (Phi) is 8.78. The quantitative estimate of drug-likeness (QED) is 0.0941. The average Bonchev–Trinajstić information content (AvgIpc) is 3.24. The first-order valence-electron chi connectivity index (χ1n) is 15.6. The van der Waals surface area contributed by atoms with Crippen molar-refractivity contribution in [2.45, 2.75) is 96.8 Å². The summed E-state index contributed by atoms with van der Waals surface area (Å²) in [6, 6.07) is 19.3. The van der Waals surface area contributed by atoms with Crippen LogP contribution in [0.4, 0.5) is 11.4 Å². The molecule has 2 heterocycles. The first-order valence-corrected chi connectivity index (χ1v) is 18.5. The van der Waals surface area contributed by atoms with Crippen molar-refractivity contribution in [3.05, 3.63) is 78.1 Å². The fraction of sp³-hybridized carbons (Fsp3) is 0.429. The van der Waals surface area contributed by atoms with Crippen molar-refractivity contribution in [2.24, 2.45) is 10.7 Å². The van der Waals surface area contributed by atoms with Gasteiger partial charge in [-0.2, -0.15) is 5.10 Å². The number of aryl methyl sites for hydroxylation is 1. The van der Waals surface area contributed by atoms with Gasteiger partial charge < -0.3 is 15.5 Å². The number of hydrogen-bond acceptors (Lipinski definition) is 4. The van der Waals surface area contributed by atoms with Crippen LogP contribution in [0.2, 0.25) is 18.1 Å². The third-order valence-electron chi connectivity index (χ3n) is 9.08. The number of nitrogens with one attached hydrogen (secondary N) is 1. The van der Waals surface area contributed by atoms with Gasteiger partial charge in [0.2, 0.25) is 8.32 Å². The predicted octanol–water partition coefficient (Wildman–Crippen LogP) is 9.12. The number of rotatable bonds is 8. The Hall–Kier alpha value is -3.58. The molecule has 2 aromatic heterocycles. The number of nitrogens with two attached hydrogens (primary N) is 1. The van der Waals surface area contributed by atoms with Gasteiger partial charge in [0.1, 0.15) is 11.6 Å². The minimum absolute atomic E-state index is 0.131. The first kappa shape index (κ1) is 29.9. The summed E-state index contributed by atoms with van der Waals surface area (Å²) in [6.07, 6.45) is 12.2. The molecular formula is C35H47N5OSi. The number of nitrogens with zero attached hydrogens (tertiary/aromatic N) is 3. The second kappa shape index (κ2) is 12.3. The molecule has 6 nitrogen and oxygen atoms in total. The van der Waals surface area contributed by atoms with E-state index in [9.17, 15) is 0 Å². The second-order valence-corrected chi connectivity index (χ2v) is 17.9. The first-order chi connectivity index (χ1) is 20.1. The summed E-state index contributed by atoms with van der Waals surface area (Å²) < 4.78 is 8.55. The number of hydrogen-bond donors (Lipinski definition) is 2. The highest BCUT2D eigenvalue weighted by molar-refractivity contribution is 6.74. The van der Waals surface area contributed by atoms with Crippen molar-refractivity contribution < 1.29 is 4.43 Å². The smallest absolute Gasteiger partial charge is 0.250 e. The van der Waals surface area contributed by atoms with Crippen LogP contribution in [-0.2, 0) is 6.42 Å². The van der Waals surface area contributed by atoms with Crippen molar-refractivity contribution in [2.75, 3.05) is 5.32 Å². The molecule has 1 aliphatic rings. The summed E-state index contributed by atoms with van der Waals surface area (Å²) in [7, 11) is -1.94. The van der Waals surface area contributed by atoms with E-state index in [-0.39, 0.29) is 5.04 Å². The maximum Gasteiger partial charge on any atom is 0.250 e. The molecule has 0 radical (unpaired) electrons. The third kappa shape index (κ3) is 6.56. The zero-order valence-electron chi connectivity index (χ0n) is 26.2. The molecule has 0 amide bonds. The van der Waals surface area contributed by atoms with Crippen LogP contribution in [0.1, 0.15) is 77.3 Å². The zero-order chi connectivity index (χ0) is 29.9. The monoisotopic (exact) mass is 581 g/mol. The Bertz CT molecular complexity index is 1540. The van der Waals surface area contributed by atoms with Crippen LogP contribution in [0.3, 0.4) is 0 Å². The fourth-order valence-electron chi connectivity index (χ4n) is 5.47. The van der Waals surface area contributed by atoms with Gasteiger partial charge in [-0.1, -0.05) is 83.7 Å². The minimum Gasteiger partial charge on any atom is -0.543 e. The maximum absolute atomic E-state index is 6.83. The molecule has 0 bridgehead atoms. The summed E-state index contributed by atoms with van der Waals surface area (Å²) >= 11 is 0. The maximum atomic E-state index is 6.83. The Morgan fingerprint density at radius 3 is 2.40 bits per heavy atom. The van der Waals surface area contributed by atoms with Gasteiger partial charge in [-0.25, -0.2) is 9.51 Å². The van der Waals surface area contributed by atoms with Gasteiger partial charge in [0.15, 0.2) is 0 Å². The molecule has 222 valence electrons. The van der Waals surface area contributed by atoms with Crippen LogP contribution >= 0.6 is 0 Å². The summed E-state index contributed by atoms with van der Waals surface area (Å²) in [4.78, 5) is 4.99. The molecule has 42 heavy (non-hydrogen) atoms. The molecule has 1 fully saturated rings. The lowest BCUT2D eigenvalue weighted by Gasteiger charge is -2.36. The Morgan fingerprint density at radius 2 is 1.74 bits per heavy atom. The fourth-order valence-corrected chi connectivity index (χ4v) is 6.50. The van der Waals surface area contributed by atoms with E-state index in [0.29, 0.717) is 11.9 Å². The normalized spacial score (nSPS) is 15.5. The van der Waals surface area contributed by atoms with Gasteiger partial charge in [0.05, 0.1) is 28.7 Å². The topological polar surface area (TPSA) is 76.9 Å². The van der Waals surface area contributed by atoms with E-state index in [2.05, 4.69) is 88.7 Å². The van der Waals surface area contributed by atoms with Crippen LogP contribution in [0.25, 0.3) is 16.6 Å². The number of aromatic nitrogens is 2. The van der Waals surface area contributed by atoms with Crippen LogP contribution < -0.4 is 15.5 Å². The van der Waals surface area contributed by atoms with E-state index in [1.54, 1.807) is 0 Å². The Balaban J connectivity index is 1.54. The lowest BCUT2D eigenvalue weighted by atomic mass is 10.1. The van der Waals surface area contributed by atoms with E-state index in [0.717, 1.165) is 58.6 Å². The van der Waals surface area contributed by atoms with Gasteiger partial charge in [0, 0.05) is 17.8 Å². The van der Waals surface area contributed by atoms with Gasteiger partial charge >= 0.3 is 0 Å². The van der Waals surface area contributed by atoms with Crippen LogP contribution in [0, 0.1) is 0 Å². The van der Waals surface area contributed by atoms with Crippen molar-refractivity contribution >= 4 is 31.0 Å². The summed E-state index contributed by atoms with van der Waals surface area (Å²) in [5.41, 5.74) is 14.0. The average molecular weight is 582 g/mol. The van der Waals surface area contributed by atoms with E-state index < -0.39 is 8.32 Å². The standard InChI is InChI=1S/C35H47N5OSi/c1-7-25-21-29(41-42(5,6)35(2,3)4)19-20-31(25)39-34(36)30-23-37-40-24-27(26-15-11-10-12-16-26)22-32(40)33(30)38-28-17-13-8-9-14-18-28/h10-12,15-16,19-24,28,38H,7-9,13-14,17-18H2,1-6H3,(H2,36,39). The highest BCUT2D eigenvalue weighted by Crippen LogP contribution is 2.38. The highest BCUT2D eigenvalue weighted by Gasteiger charge is 2.39. The molecule has 0 unspecified atom stereocenters. The number of anilines is 1. The zero-order valence-corrected chi connectivity index (χ0v) is 27.2. The van der Waals surface area contributed by atoms with Crippen LogP contribution in [-0.4, -0.2) is 29.8 Å². The lowest BCUT2D eigenvalue weighted by Crippen LogP contribution is -2.43.